The van der Waals surface area contributed by atoms with E-state index in [1.807, 2.05) is 12.3 Å². The minimum atomic E-state index is 0.00520. The van der Waals surface area contributed by atoms with Gasteiger partial charge in [-0.1, -0.05) is 71.0 Å². The smallest absolute Gasteiger partial charge is 0.227 e. The second kappa shape index (κ2) is 8.37. The second-order valence-electron chi connectivity index (χ2n) is 11.3. The molecular formula is C33H31NO2. The standard InChI is InChI=1S/C33H31NO2/c1-20(2)14-24-19-36-31-17-22(10-11-26(24)31)28-18-30(34-32-27(28)12-13-35-32)23-15-21-8-6-7-9-25(21)29(16-23)33(3,4)5/h6-13,15-20H,14H2,1-5H3. The quantitative estimate of drug-likeness (QED) is 0.256. The number of pyridine rings is 1. The fourth-order valence-corrected chi connectivity index (χ4v) is 5.26. The van der Waals surface area contributed by atoms with E-state index >= 15 is 0 Å². The molecule has 3 heterocycles. The molecule has 0 aliphatic heterocycles. The number of nitrogens with zero attached hydrogens (tertiary/aromatic N) is 1. The van der Waals surface area contributed by atoms with Crippen LogP contribution in [0.4, 0.5) is 0 Å². The molecule has 6 rings (SSSR count). The first kappa shape index (κ1) is 22.6. The zero-order valence-corrected chi connectivity index (χ0v) is 21.6. The summed E-state index contributed by atoms with van der Waals surface area (Å²) in [4.78, 5) is 4.93. The van der Waals surface area contributed by atoms with E-state index < -0.39 is 0 Å². The fraction of sp³-hybridized carbons (Fsp3) is 0.242. The average molecular weight is 474 g/mol. The van der Waals surface area contributed by atoms with E-state index in [4.69, 9.17) is 13.8 Å². The fourth-order valence-electron chi connectivity index (χ4n) is 5.26. The third kappa shape index (κ3) is 3.89. The van der Waals surface area contributed by atoms with Crippen LogP contribution in [0.5, 0.6) is 0 Å². The largest absolute Gasteiger partial charge is 0.464 e. The molecular weight excluding hydrogens is 442 g/mol. The normalized spacial score (nSPS) is 12.4. The lowest BCUT2D eigenvalue weighted by Crippen LogP contribution is -2.12. The van der Waals surface area contributed by atoms with Crippen molar-refractivity contribution < 1.29 is 8.83 Å². The van der Waals surface area contributed by atoms with Gasteiger partial charge in [-0.25, -0.2) is 4.98 Å². The minimum Gasteiger partial charge on any atom is -0.464 e. The minimum absolute atomic E-state index is 0.00520. The van der Waals surface area contributed by atoms with Crippen LogP contribution in [0.25, 0.3) is 55.2 Å². The molecule has 0 atom stereocenters. The number of rotatable bonds is 4. The van der Waals surface area contributed by atoms with Gasteiger partial charge in [0.15, 0.2) is 0 Å². The molecule has 0 fully saturated rings. The predicted octanol–water partition coefficient (Wildman–Crippen LogP) is 9.56. The van der Waals surface area contributed by atoms with Gasteiger partial charge < -0.3 is 8.83 Å². The lowest BCUT2D eigenvalue weighted by atomic mass is 9.82. The van der Waals surface area contributed by atoms with E-state index in [2.05, 4.69) is 95.3 Å². The molecule has 3 aromatic carbocycles. The molecule has 0 radical (unpaired) electrons. The maximum Gasteiger partial charge on any atom is 0.227 e. The summed E-state index contributed by atoms with van der Waals surface area (Å²) in [5, 5.41) is 4.70. The van der Waals surface area contributed by atoms with Crippen LogP contribution in [0.2, 0.25) is 0 Å². The number of fused-ring (bicyclic) bond motifs is 3. The van der Waals surface area contributed by atoms with Crippen LogP contribution in [-0.4, -0.2) is 4.98 Å². The Morgan fingerprint density at radius 1 is 0.806 bits per heavy atom. The van der Waals surface area contributed by atoms with Gasteiger partial charge in [-0.2, -0.15) is 0 Å². The van der Waals surface area contributed by atoms with Gasteiger partial charge in [0.25, 0.3) is 0 Å². The first-order valence-corrected chi connectivity index (χ1v) is 12.7. The van der Waals surface area contributed by atoms with Crippen molar-refractivity contribution in [2.75, 3.05) is 0 Å². The van der Waals surface area contributed by atoms with E-state index in [0.29, 0.717) is 11.6 Å². The molecule has 3 heteroatoms. The number of furan rings is 2. The molecule has 180 valence electrons. The Morgan fingerprint density at radius 3 is 2.44 bits per heavy atom. The Balaban J connectivity index is 1.54. The van der Waals surface area contributed by atoms with Crippen molar-refractivity contribution in [2.24, 2.45) is 5.92 Å². The lowest BCUT2D eigenvalue weighted by molar-refractivity contribution is 0.594. The number of aromatic nitrogens is 1. The first-order valence-electron chi connectivity index (χ1n) is 12.7. The summed E-state index contributed by atoms with van der Waals surface area (Å²) in [6.07, 6.45) is 4.64. The Bertz CT molecular complexity index is 1730. The molecule has 0 N–H and O–H groups in total. The van der Waals surface area contributed by atoms with Gasteiger partial charge in [0.2, 0.25) is 5.71 Å². The van der Waals surface area contributed by atoms with Crippen molar-refractivity contribution in [1.29, 1.82) is 0 Å². The Labute approximate surface area is 211 Å². The van der Waals surface area contributed by atoms with Crippen molar-refractivity contribution in [2.45, 2.75) is 46.5 Å². The summed E-state index contributed by atoms with van der Waals surface area (Å²) >= 11 is 0. The maximum absolute atomic E-state index is 5.98. The molecule has 0 aliphatic carbocycles. The van der Waals surface area contributed by atoms with Crippen molar-refractivity contribution in [1.82, 2.24) is 4.98 Å². The highest BCUT2D eigenvalue weighted by Gasteiger charge is 2.20. The predicted molar refractivity (Wildman–Crippen MR) is 149 cm³/mol. The molecule has 0 bridgehead atoms. The summed E-state index contributed by atoms with van der Waals surface area (Å²) < 4.78 is 11.8. The van der Waals surface area contributed by atoms with Gasteiger partial charge in [-0.05, 0) is 81.1 Å². The Morgan fingerprint density at radius 2 is 1.64 bits per heavy atom. The monoisotopic (exact) mass is 473 g/mol. The van der Waals surface area contributed by atoms with Crippen LogP contribution < -0.4 is 0 Å². The van der Waals surface area contributed by atoms with Gasteiger partial charge in [-0.3, -0.25) is 0 Å². The van der Waals surface area contributed by atoms with Crippen molar-refractivity contribution in [3.8, 4) is 22.4 Å². The zero-order chi connectivity index (χ0) is 25.0. The number of benzene rings is 3. The van der Waals surface area contributed by atoms with E-state index in [0.717, 1.165) is 39.8 Å². The Hall–Kier alpha value is -3.85. The lowest BCUT2D eigenvalue weighted by Gasteiger charge is -2.22. The first-order chi connectivity index (χ1) is 17.3. The SMILES string of the molecule is CC(C)Cc1coc2cc(-c3cc(-c4cc(C(C)(C)C)c5ccccc5c4)nc4occc34)ccc12. The molecule has 0 spiro atoms. The molecule has 3 aromatic heterocycles. The van der Waals surface area contributed by atoms with Crippen LogP contribution in [0, 0.1) is 5.92 Å². The molecule has 0 aliphatic rings. The van der Waals surface area contributed by atoms with Crippen LogP contribution >= 0.6 is 0 Å². The van der Waals surface area contributed by atoms with Crippen LogP contribution in [0.1, 0.15) is 45.7 Å². The molecule has 0 amide bonds. The van der Waals surface area contributed by atoms with Gasteiger partial charge >= 0.3 is 0 Å². The van der Waals surface area contributed by atoms with E-state index in [9.17, 15) is 0 Å². The van der Waals surface area contributed by atoms with Gasteiger partial charge in [0.05, 0.1) is 18.2 Å². The zero-order valence-electron chi connectivity index (χ0n) is 21.6. The number of hydrogen-bond acceptors (Lipinski definition) is 3. The third-order valence-corrected chi connectivity index (χ3v) is 7.00. The highest BCUT2D eigenvalue weighted by molar-refractivity contribution is 5.98. The third-order valence-electron chi connectivity index (χ3n) is 7.00. The summed E-state index contributed by atoms with van der Waals surface area (Å²) in [5.74, 6) is 0.582. The molecule has 0 saturated heterocycles. The van der Waals surface area contributed by atoms with Crippen LogP contribution in [-0.2, 0) is 11.8 Å². The van der Waals surface area contributed by atoms with E-state index in [1.54, 1.807) is 6.26 Å². The summed E-state index contributed by atoms with van der Waals surface area (Å²) in [7, 11) is 0. The summed E-state index contributed by atoms with van der Waals surface area (Å²) in [5.41, 5.74) is 8.34. The summed E-state index contributed by atoms with van der Waals surface area (Å²) in [6.45, 7) is 11.3. The van der Waals surface area contributed by atoms with Gasteiger partial charge in [0.1, 0.15) is 5.58 Å². The van der Waals surface area contributed by atoms with Crippen molar-refractivity contribution in [3.63, 3.8) is 0 Å². The summed E-state index contributed by atoms with van der Waals surface area (Å²) in [6, 6.07) is 23.8. The van der Waals surface area contributed by atoms with E-state index in [-0.39, 0.29) is 5.41 Å². The second-order valence-corrected chi connectivity index (χ2v) is 11.3. The molecule has 36 heavy (non-hydrogen) atoms. The molecule has 0 unspecified atom stereocenters. The van der Waals surface area contributed by atoms with Gasteiger partial charge in [-0.15, -0.1) is 0 Å². The molecule has 6 aromatic rings. The highest BCUT2D eigenvalue weighted by atomic mass is 16.3. The Kier molecular flexibility index (Phi) is 5.26. The van der Waals surface area contributed by atoms with Crippen LogP contribution in [0.3, 0.4) is 0 Å². The van der Waals surface area contributed by atoms with E-state index in [1.165, 1.54) is 27.3 Å². The molecule has 3 nitrogen and oxygen atoms in total. The molecule has 0 saturated carbocycles. The van der Waals surface area contributed by atoms with Crippen molar-refractivity contribution in [3.05, 3.63) is 90.4 Å². The maximum atomic E-state index is 5.98. The number of hydrogen-bond donors (Lipinski definition) is 0. The van der Waals surface area contributed by atoms with Gasteiger partial charge in [0, 0.05) is 16.3 Å². The topological polar surface area (TPSA) is 39.2 Å². The average Bonchev–Trinajstić information content (AvgIpc) is 3.48. The van der Waals surface area contributed by atoms with Crippen LogP contribution in [0.15, 0.2) is 88.1 Å². The highest BCUT2D eigenvalue weighted by Crippen LogP contribution is 2.38. The van der Waals surface area contributed by atoms with Crippen molar-refractivity contribution >= 4 is 32.8 Å².